The Labute approximate surface area is 182 Å². The Morgan fingerprint density at radius 2 is 1.81 bits per heavy atom. The van der Waals surface area contributed by atoms with E-state index in [1.54, 1.807) is 39.7 Å². The van der Waals surface area contributed by atoms with Gasteiger partial charge in [0.05, 0.1) is 21.3 Å². The molecule has 0 aliphatic carbocycles. The number of aliphatic imine (C=N–C) groups is 1. The fraction of sp³-hybridized carbons (Fsp3) is 0.421. The summed E-state index contributed by atoms with van der Waals surface area (Å²) in [6, 6.07) is 5.98. The predicted molar refractivity (Wildman–Crippen MR) is 122 cm³/mol. The molecule has 2 rings (SSSR count). The second-order valence-corrected chi connectivity index (χ2v) is 6.54. The average Bonchev–Trinajstić information content (AvgIpc) is 3.21. The van der Waals surface area contributed by atoms with Gasteiger partial charge in [-0.15, -0.1) is 24.0 Å². The molecule has 1 atom stereocenters. The highest BCUT2D eigenvalue weighted by molar-refractivity contribution is 14.0. The second-order valence-electron chi connectivity index (χ2n) is 5.76. The minimum absolute atomic E-state index is 0. The fourth-order valence-electron chi connectivity index (χ4n) is 2.62. The smallest absolute Gasteiger partial charge is 0.203 e. The highest BCUT2D eigenvalue weighted by atomic mass is 127. The van der Waals surface area contributed by atoms with Crippen molar-refractivity contribution >= 4 is 41.3 Å². The van der Waals surface area contributed by atoms with Crippen LogP contribution < -0.4 is 24.8 Å². The van der Waals surface area contributed by atoms with Crippen LogP contribution in [0.15, 0.2) is 34.0 Å². The van der Waals surface area contributed by atoms with Crippen LogP contribution in [0.3, 0.4) is 0 Å². The average molecular weight is 505 g/mol. The van der Waals surface area contributed by atoms with Gasteiger partial charge in [0.2, 0.25) is 5.75 Å². The third kappa shape index (κ3) is 6.17. The van der Waals surface area contributed by atoms with Gasteiger partial charge < -0.3 is 24.8 Å². The van der Waals surface area contributed by atoms with Gasteiger partial charge in [-0.05, 0) is 40.4 Å². The number of halogens is 1. The summed E-state index contributed by atoms with van der Waals surface area (Å²) in [6.45, 7) is 3.55. The summed E-state index contributed by atoms with van der Waals surface area (Å²) in [4.78, 5) is 4.29. The number of rotatable bonds is 8. The van der Waals surface area contributed by atoms with Crippen LogP contribution in [0, 0.1) is 0 Å². The normalized spacial score (nSPS) is 12.0. The summed E-state index contributed by atoms with van der Waals surface area (Å²) >= 11 is 1.72. The molecule has 150 valence electrons. The maximum Gasteiger partial charge on any atom is 0.203 e. The summed E-state index contributed by atoms with van der Waals surface area (Å²) in [7, 11) is 6.59. The van der Waals surface area contributed by atoms with Crippen LogP contribution in [-0.2, 0) is 6.54 Å². The standard InChI is InChI=1S/C19H27N3O3S.HI/c1-13(15-8-9-26-12-15)10-21-19(20-2)22-11-14-6-7-16(23-3)18(25-5)17(14)24-4;/h6-9,12-13H,10-11H2,1-5H3,(H2,20,21,22);1H. The molecular formula is C19H28IN3O3S. The van der Waals surface area contributed by atoms with Crippen molar-refractivity contribution in [3.8, 4) is 17.2 Å². The number of guanidine groups is 1. The van der Waals surface area contributed by atoms with Crippen LogP contribution in [-0.4, -0.2) is 40.9 Å². The fourth-order valence-corrected chi connectivity index (χ4v) is 3.41. The number of methoxy groups -OCH3 is 3. The number of hydrogen-bond donors (Lipinski definition) is 2. The van der Waals surface area contributed by atoms with Gasteiger partial charge >= 0.3 is 0 Å². The van der Waals surface area contributed by atoms with E-state index in [-0.39, 0.29) is 24.0 Å². The van der Waals surface area contributed by atoms with Crippen LogP contribution >= 0.6 is 35.3 Å². The number of ether oxygens (including phenoxy) is 3. The molecule has 0 fully saturated rings. The molecule has 0 radical (unpaired) electrons. The predicted octanol–water partition coefficient (Wildman–Crippen LogP) is 3.86. The third-order valence-corrected chi connectivity index (χ3v) is 4.84. The molecule has 1 unspecified atom stereocenters. The van der Waals surface area contributed by atoms with Crippen LogP contribution in [0.4, 0.5) is 0 Å². The molecule has 2 N–H and O–H groups in total. The Hall–Kier alpha value is -1.68. The third-order valence-electron chi connectivity index (χ3n) is 4.14. The van der Waals surface area contributed by atoms with E-state index >= 15 is 0 Å². The lowest BCUT2D eigenvalue weighted by Crippen LogP contribution is -2.38. The molecule has 0 bridgehead atoms. The molecule has 0 saturated heterocycles. The van der Waals surface area contributed by atoms with Crippen LogP contribution in [0.5, 0.6) is 17.2 Å². The maximum atomic E-state index is 5.52. The summed E-state index contributed by atoms with van der Waals surface area (Å²) in [5, 5.41) is 11.0. The molecule has 0 saturated carbocycles. The first-order valence-electron chi connectivity index (χ1n) is 8.39. The van der Waals surface area contributed by atoms with E-state index in [1.807, 2.05) is 12.1 Å². The van der Waals surface area contributed by atoms with E-state index < -0.39 is 0 Å². The summed E-state index contributed by atoms with van der Waals surface area (Å²) in [6.07, 6.45) is 0. The molecule has 0 amide bonds. The van der Waals surface area contributed by atoms with Crippen molar-refractivity contribution < 1.29 is 14.2 Å². The van der Waals surface area contributed by atoms with Crippen LogP contribution in [0.25, 0.3) is 0 Å². The van der Waals surface area contributed by atoms with Gasteiger partial charge in [0.15, 0.2) is 17.5 Å². The quantitative estimate of drug-likeness (QED) is 0.324. The number of thiophene rings is 1. The minimum atomic E-state index is 0. The lowest BCUT2D eigenvalue weighted by molar-refractivity contribution is 0.322. The molecule has 0 spiro atoms. The molecule has 27 heavy (non-hydrogen) atoms. The van der Waals surface area contributed by atoms with Gasteiger partial charge in [-0.1, -0.05) is 6.92 Å². The van der Waals surface area contributed by atoms with Gasteiger partial charge in [-0.2, -0.15) is 11.3 Å². The molecule has 6 nitrogen and oxygen atoms in total. The minimum Gasteiger partial charge on any atom is -0.493 e. The zero-order valence-electron chi connectivity index (χ0n) is 16.4. The Morgan fingerprint density at radius 3 is 2.37 bits per heavy atom. The van der Waals surface area contributed by atoms with Crippen molar-refractivity contribution in [3.63, 3.8) is 0 Å². The van der Waals surface area contributed by atoms with Crippen molar-refractivity contribution in [2.24, 2.45) is 4.99 Å². The van der Waals surface area contributed by atoms with Crippen molar-refractivity contribution in [1.82, 2.24) is 10.6 Å². The molecule has 1 heterocycles. The van der Waals surface area contributed by atoms with E-state index in [4.69, 9.17) is 14.2 Å². The topological polar surface area (TPSA) is 64.1 Å². The Bertz CT molecular complexity index is 723. The Balaban J connectivity index is 0.00000364. The molecule has 1 aromatic carbocycles. The van der Waals surface area contributed by atoms with Gasteiger partial charge in [-0.25, -0.2) is 0 Å². The van der Waals surface area contributed by atoms with Gasteiger partial charge in [0, 0.05) is 25.7 Å². The monoisotopic (exact) mass is 505 g/mol. The van der Waals surface area contributed by atoms with E-state index in [2.05, 4.69) is 39.4 Å². The largest absolute Gasteiger partial charge is 0.493 e. The Kier molecular flexibility index (Phi) is 10.3. The number of nitrogens with one attached hydrogen (secondary N) is 2. The van der Waals surface area contributed by atoms with Crippen molar-refractivity contribution in [2.45, 2.75) is 19.4 Å². The van der Waals surface area contributed by atoms with Crippen LogP contribution in [0.1, 0.15) is 24.0 Å². The van der Waals surface area contributed by atoms with Crippen LogP contribution in [0.2, 0.25) is 0 Å². The molecule has 2 aromatic rings. The first kappa shape index (κ1) is 23.4. The van der Waals surface area contributed by atoms with Crippen molar-refractivity contribution in [3.05, 3.63) is 40.1 Å². The lowest BCUT2D eigenvalue weighted by atomic mass is 10.1. The summed E-state index contributed by atoms with van der Waals surface area (Å²) in [5.41, 5.74) is 2.29. The SMILES string of the molecule is CN=C(NCc1ccc(OC)c(OC)c1OC)NCC(C)c1ccsc1.I. The Morgan fingerprint density at radius 1 is 1.07 bits per heavy atom. The first-order valence-corrected chi connectivity index (χ1v) is 9.33. The molecule has 0 aliphatic rings. The van der Waals surface area contributed by atoms with Gasteiger partial charge in [0.1, 0.15) is 0 Å². The zero-order chi connectivity index (χ0) is 18.9. The van der Waals surface area contributed by atoms with Gasteiger partial charge in [0.25, 0.3) is 0 Å². The molecular weight excluding hydrogens is 477 g/mol. The molecule has 8 heteroatoms. The van der Waals surface area contributed by atoms with E-state index in [9.17, 15) is 0 Å². The lowest BCUT2D eigenvalue weighted by Gasteiger charge is -2.18. The second kappa shape index (κ2) is 11.9. The van der Waals surface area contributed by atoms with E-state index in [1.165, 1.54) is 5.56 Å². The molecule has 0 aliphatic heterocycles. The number of benzene rings is 1. The number of nitrogens with zero attached hydrogens (tertiary/aromatic N) is 1. The summed E-state index contributed by atoms with van der Waals surface area (Å²) in [5.74, 6) is 3.03. The molecule has 1 aromatic heterocycles. The van der Waals surface area contributed by atoms with Gasteiger partial charge in [-0.3, -0.25) is 4.99 Å². The van der Waals surface area contributed by atoms with E-state index in [0.29, 0.717) is 29.7 Å². The number of hydrogen-bond acceptors (Lipinski definition) is 5. The highest BCUT2D eigenvalue weighted by Gasteiger charge is 2.16. The summed E-state index contributed by atoms with van der Waals surface area (Å²) < 4.78 is 16.3. The maximum absolute atomic E-state index is 5.52. The first-order chi connectivity index (χ1) is 12.6. The zero-order valence-corrected chi connectivity index (χ0v) is 19.5. The highest BCUT2D eigenvalue weighted by Crippen LogP contribution is 2.39. The van der Waals surface area contributed by atoms with Crippen molar-refractivity contribution in [2.75, 3.05) is 34.9 Å². The van der Waals surface area contributed by atoms with Crippen molar-refractivity contribution in [1.29, 1.82) is 0 Å². The van der Waals surface area contributed by atoms with E-state index in [0.717, 1.165) is 18.1 Å².